The van der Waals surface area contributed by atoms with Gasteiger partial charge in [0.25, 0.3) is 0 Å². The highest BCUT2D eigenvalue weighted by molar-refractivity contribution is 5.80. The van der Waals surface area contributed by atoms with Crippen LogP contribution in [0.15, 0.2) is 12.1 Å². The molecule has 3 fully saturated rings. The second-order valence-electron chi connectivity index (χ2n) is 7.73. The van der Waals surface area contributed by atoms with Gasteiger partial charge < -0.3 is 9.64 Å². The van der Waals surface area contributed by atoms with Gasteiger partial charge >= 0.3 is 0 Å². The van der Waals surface area contributed by atoms with Crippen LogP contribution in [0.3, 0.4) is 0 Å². The zero-order valence-electron chi connectivity index (χ0n) is 14.5. The van der Waals surface area contributed by atoms with E-state index in [1.165, 1.54) is 13.0 Å². The fraction of sp³-hybridized carbons (Fsp3) is 0.632. The number of amides is 1. The van der Waals surface area contributed by atoms with E-state index in [1.807, 2.05) is 4.90 Å². The van der Waals surface area contributed by atoms with Crippen LogP contribution in [-0.4, -0.2) is 42.8 Å². The van der Waals surface area contributed by atoms with Crippen LogP contribution in [-0.2, 0) is 9.53 Å². The summed E-state index contributed by atoms with van der Waals surface area (Å²) in [5, 5.41) is 3.34. The number of hydrogen-bond donors (Lipinski definition) is 1. The molecule has 0 bridgehead atoms. The van der Waals surface area contributed by atoms with Crippen molar-refractivity contribution in [3.8, 4) is 0 Å². The van der Waals surface area contributed by atoms with Crippen molar-refractivity contribution in [2.45, 2.75) is 44.1 Å². The summed E-state index contributed by atoms with van der Waals surface area (Å²) in [6.45, 7) is 4.04. The Morgan fingerprint density at radius 2 is 2.00 bits per heavy atom. The molecule has 2 saturated heterocycles. The Labute approximate surface area is 146 Å². The maximum absolute atomic E-state index is 14.3. The fourth-order valence-electron chi connectivity index (χ4n) is 4.49. The summed E-state index contributed by atoms with van der Waals surface area (Å²) in [5.41, 5.74) is 0.691. The minimum atomic E-state index is -0.503. The summed E-state index contributed by atoms with van der Waals surface area (Å²) in [5.74, 6) is -0.583. The third-order valence-electron chi connectivity index (χ3n) is 6.15. The van der Waals surface area contributed by atoms with Gasteiger partial charge in [-0.15, -0.1) is 0 Å². The summed E-state index contributed by atoms with van der Waals surface area (Å²) in [6, 6.07) is 2.90. The summed E-state index contributed by atoms with van der Waals surface area (Å²) >= 11 is 0. The number of nitrogens with one attached hydrogen (secondary N) is 1. The first-order valence-electron chi connectivity index (χ1n) is 9.05. The zero-order chi connectivity index (χ0) is 17.6. The first-order chi connectivity index (χ1) is 12.0. The Balaban J connectivity index is 1.34. The molecule has 4 rings (SSSR count). The Morgan fingerprint density at radius 3 is 2.64 bits per heavy atom. The van der Waals surface area contributed by atoms with Gasteiger partial charge in [-0.05, 0) is 50.2 Å². The van der Waals surface area contributed by atoms with E-state index < -0.39 is 11.6 Å². The van der Waals surface area contributed by atoms with Crippen LogP contribution < -0.4 is 5.32 Å². The second-order valence-corrected chi connectivity index (χ2v) is 7.73. The Hall–Kier alpha value is -1.53. The number of nitrogens with zero attached hydrogens (tertiary/aromatic N) is 1. The molecule has 1 spiro atoms. The van der Waals surface area contributed by atoms with E-state index in [0.29, 0.717) is 32.0 Å². The summed E-state index contributed by atoms with van der Waals surface area (Å²) < 4.78 is 33.1. The van der Waals surface area contributed by atoms with Gasteiger partial charge in [0.1, 0.15) is 11.6 Å². The number of piperidine rings is 1. The summed E-state index contributed by atoms with van der Waals surface area (Å²) in [6.07, 6.45) is 3.15. The second kappa shape index (κ2) is 6.32. The molecule has 1 aromatic carbocycles. The Kier molecular flexibility index (Phi) is 4.28. The number of halogens is 2. The van der Waals surface area contributed by atoms with Crippen LogP contribution in [0.2, 0.25) is 0 Å². The molecule has 2 aliphatic heterocycles. The predicted octanol–water partition coefficient (Wildman–Crippen LogP) is 2.71. The molecular formula is C19H24F2N2O2. The smallest absolute Gasteiger partial charge is 0.225 e. The van der Waals surface area contributed by atoms with Gasteiger partial charge in [0, 0.05) is 30.1 Å². The number of carbonyl (C=O) groups is 1. The van der Waals surface area contributed by atoms with Gasteiger partial charge in [0.05, 0.1) is 13.3 Å². The highest BCUT2D eigenvalue weighted by Crippen LogP contribution is 2.42. The molecule has 0 aromatic heterocycles. The van der Waals surface area contributed by atoms with Crippen LogP contribution >= 0.6 is 0 Å². The van der Waals surface area contributed by atoms with Crippen LogP contribution in [0.4, 0.5) is 8.78 Å². The van der Waals surface area contributed by atoms with Gasteiger partial charge in [-0.3, -0.25) is 10.1 Å². The molecular weight excluding hydrogens is 326 g/mol. The van der Waals surface area contributed by atoms with Crippen molar-refractivity contribution in [3.63, 3.8) is 0 Å². The molecule has 1 N–H and O–H groups in total. The maximum Gasteiger partial charge on any atom is 0.225 e. The van der Waals surface area contributed by atoms with E-state index in [-0.39, 0.29) is 28.8 Å². The molecule has 2 heterocycles. The minimum Gasteiger partial charge on any atom is -0.364 e. The summed E-state index contributed by atoms with van der Waals surface area (Å²) in [7, 11) is 0. The molecule has 1 aliphatic carbocycles. The average Bonchev–Trinajstić information content (AvgIpc) is 3.08. The average molecular weight is 350 g/mol. The number of benzene rings is 1. The fourth-order valence-corrected chi connectivity index (χ4v) is 4.49. The van der Waals surface area contributed by atoms with E-state index in [9.17, 15) is 13.6 Å². The lowest BCUT2D eigenvalue weighted by molar-refractivity contribution is -0.142. The monoisotopic (exact) mass is 350 g/mol. The molecule has 1 amide bonds. The molecule has 0 radical (unpaired) electrons. The summed E-state index contributed by atoms with van der Waals surface area (Å²) in [4.78, 5) is 14.6. The normalized spacial score (nSPS) is 29.9. The molecule has 4 nitrogen and oxygen atoms in total. The first-order valence-corrected chi connectivity index (χ1v) is 9.05. The van der Waals surface area contributed by atoms with E-state index >= 15 is 0 Å². The van der Waals surface area contributed by atoms with Gasteiger partial charge in [-0.25, -0.2) is 8.78 Å². The lowest BCUT2D eigenvalue weighted by Crippen LogP contribution is -2.58. The lowest BCUT2D eigenvalue weighted by Gasteiger charge is -2.45. The van der Waals surface area contributed by atoms with Crippen LogP contribution in [0.25, 0.3) is 0 Å². The molecule has 0 unspecified atom stereocenters. The maximum atomic E-state index is 14.3. The van der Waals surface area contributed by atoms with Crippen LogP contribution in [0.5, 0.6) is 0 Å². The molecule has 1 saturated carbocycles. The van der Waals surface area contributed by atoms with Gasteiger partial charge in [0.2, 0.25) is 5.91 Å². The topological polar surface area (TPSA) is 41.6 Å². The molecule has 6 heteroatoms. The van der Waals surface area contributed by atoms with Crippen molar-refractivity contribution >= 4 is 5.91 Å². The first kappa shape index (κ1) is 16.9. The van der Waals surface area contributed by atoms with Crippen LogP contribution in [0, 0.1) is 24.5 Å². The highest BCUT2D eigenvalue weighted by atomic mass is 19.1. The molecule has 136 valence electrons. The molecule has 3 aliphatic rings. The van der Waals surface area contributed by atoms with Gasteiger partial charge in [0.15, 0.2) is 0 Å². The molecule has 0 atom stereocenters. The van der Waals surface area contributed by atoms with Crippen molar-refractivity contribution in [2.75, 3.05) is 26.4 Å². The van der Waals surface area contributed by atoms with E-state index in [4.69, 9.17) is 4.74 Å². The van der Waals surface area contributed by atoms with Crippen molar-refractivity contribution in [2.24, 2.45) is 5.92 Å². The van der Waals surface area contributed by atoms with Crippen molar-refractivity contribution in [1.29, 1.82) is 0 Å². The largest absolute Gasteiger partial charge is 0.364 e. The standard InChI is InChI=1S/C19H24F2N2O2/c1-12-16(20)3-2-15(17(12)21)13-4-6-23(7-5-13)18(24)14-8-19(9-14)10-25-11-22-19/h2-3,13-14,22H,4-11H2,1H3. The SMILES string of the molecule is Cc1c(F)ccc(C2CCN(C(=O)C3CC4(COCN4)C3)CC2)c1F. The minimum absolute atomic E-state index is 0.0212. The number of ether oxygens (including phenoxy) is 1. The van der Waals surface area contributed by atoms with E-state index in [1.54, 1.807) is 6.07 Å². The third-order valence-corrected chi connectivity index (χ3v) is 6.15. The van der Waals surface area contributed by atoms with E-state index in [2.05, 4.69) is 5.32 Å². The molecule has 1 aromatic rings. The van der Waals surface area contributed by atoms with Crippen LogP contribution in [0.1, 0.15) is 42.7 Å². The number of carbonyl (C=O) groups excluding carboxylic acids is 1. The zero-order valence-corrected chi connectivity index (χ0v) is 14.5. The highest BCUT2D eigenvalue weighted by Gasteiger charge is 2.50. The third kappa shape index (κ3) is 2.95. The Morgan fingerprint density at radius 1 is 1.28 bits per heavy atom. The van der Waals surface area contributed by atoms with Gasteiger partial charge in [-0.2, -0.15) is 0 Å². The number of hydrogen-bond acceptors (Lipinski definition) is 3. The van der Waals surface area contributed by atoms with Gasteiger partial charge in [-0.1, -0.05) is 6.07 Å². The predicted molar refractivity (Wildman–Crippen MR) is 89.1 cm³/mol. The van der Waals surface area contributed by atoms with Crippen molar-refractivity contribution < 1.29 is 18.3 Å². The van der Waals surface area contributed by atoms with Crippen molar-refractivity contribution in [1.82, 2.24) is 10.2 Å². The lowest BCUT2D eigenvalue weighted by atomic mass is 9.68. The number of rotatable bonds is 2. The number of likely N-dealkylation sites (tertiary alicyclic amines) is 1. The van der Waals surface area contributed by atoms with E-state index in [0.717, 1.165) is 25.7 Å². The quantitative estimate of drug-likeness (QED) is 0.892. The Bertz CT molecular complexity index is 672. The van der Waals surface area contributed by atoms with Crippen molar-refractivity contribution in [3.05, 3.63) is 34.9 Å². The molecule has 25 heavy (non-hydrogen) atoms.